The highest BCUT2D eigenvalue weighted by Crippen LogP contribution is 2.31. The average molecular weight is 286 g/mol. The van der Waals surface area contributed by atoms with Crippen LogP contribution in [0.1, 0.15) is 53.8 Å². The van der Waals surface area contributed by atoms with Gasteiger partial charge in [-0.3, -0.25) is 9.59 Å². The molecule has 1 heterocycles. The molecule has 1 aromatic heterocycles. The number of hydrogen-bond donors (Lipinski definition) is 1. The van der Waals surface area contributed by atoms with Crippen LogP contribution in [0.15, 0.2) is 22.6 Å². The van der Waals surface area contributed by atoms with Crippen LogP contribution in [0.25, 0.3) is 11.0 Å². The van der Waals surface area contributed by atoms with Gasteiger partial charge in [0.1, 0.15) is 11.3 Å². The van der Waals surface area contributed by atoms with Crippen LogP contribution in [0, 0.1) is 0 Å². The van der Waals surface area contributed by atoms with Gasteiger partial charge in [0.15, 0.2) is 5.78 Å². The van der Waals surface area contributed by atoms with Gasteiger partial charge >= 0.3 is 5.97 Å². The zero-order chi connectivity index (χ0) is 14.8. The highest BCUT2D eigenvalue weighted by Gasteiger charge is 2.18. The predicted octanol–water partition coefficient (Wildman–Crippen LogP) is 3.75. The summed E-state index contributed by atoms with van der Waals surface area (Å²) in [6.07, 6.45) is 5.46. The lowest BCUT2D eigenvalue weighted by Crippen LogP contribution is -2.03. The third-order valence-electron chi connectivity index (χ3n) is 4.09. The van der Waals surface area contributed by atoms with Crippen molar-refractivity contribution in [2.45, 2.75) is 44.9 Å². The molecule has 0 spiro atoms. The Morgan fingerprint density at radius 3 is 2.71 bits per heavy atom. The van der Waals surface area contributed by atoms with E-state index in [1.54, 1.807) is 12.1 Å². The number of fused-ring (bicyclic) bond motifs is 3. The van der Waals surface area contributed by atoms with Gasteiger partial charge in [0.25, 0.3) is 0 Å². The van der Waals surface area contributed by atoms with Crippen molar-refractivity contribution in [3.05, 3.63) is 35.1 Å². The number of rotatable bonds is 4. The van der Waals surface area contributed by atoms with Gasteiger partial charge in [-0.1, -0.05) is 18.6 Å². The molecule has 3 rings (SSSR count). The van der Waals surface area contributed by atoms with Crippen molar-refractivity contribution in [2.24, 2.45) is 0 Å². The number of carbonyl (C=O) groups is 2. The first-order valence-electron chi connectivity index (χ1n) is 7.44. The molecule has 2 aromatic rings. The van der Waals surface area contributed by atoms with E-state index >= 15 is 0 Å². The summed E-state index contributed by atoms with van der Waals surface area (Å²) in [7, 11) is 0. The number of Topliss-reactive ketones (excluding diaryl/α,β-unsaturated/α-hetero) is 1. The first-order valence-corrected chi connectivity index (χ1v) is 7.44. The third-order valence-corrected chi connectivity index (χ3v) is 4.09. The van der Waals surface area contributed by atoms with Crippen molar-refractivity contribution < 1.29 is 19.1 Å². The number of aryl methyl sites for hydroxylation is 2. The van der Waals surface area contributed by atoms with E-state index in [1.807, 2.05) is 6.07 Å². The molecule has 1 N–H and O–H groups in total. The van der Waals surface area contributed by atoms with Crippen molar-refractivity contribution >= 4 is 22.7 Å². The first kappa shape index (κ1) is 13.9. The Morgan fingerprint density at radius 1 is 1.10 bits per heavy atom. The van der Waals surface area contributed by atoms with E-state index in [0.29, 0.717) is 5.56 Å². The van der Waals surface area contributed by atoms with Gasteiger partial charge in [0, 0.05) is 29.4 Å². The summed E-state index contributed by atoms with van der Waals surface area (Å²) in [4.78, 5) is 22.5. The summed E-state index contributed by atoms with van der Waals surface area (Å²) in [5.74, 6) is -0.0438. The Bertz CT molecular complexity index is 696. The number of carboxylic acids is 1. The molecule has 4 nitrogen and oxygen atoms in total. The quantitative estimate of drug-likeness (QED) is 0.686. The van der Waals surface area contributed by atoms with Crippen molar-refractivity contribution in [2.75, 3.05) is 0 Å². The van der Waals surface area contributed by atoms with Gasteiger partial charge in [-0.15, -0.1) is 0 Å². The molecule has 0 unspecified atom stereocenters. The maximum absolute atomic E-state index is 12.0. The van der Waals surface area contributed by atoms with E-state index in [2.05, 4.69) is 0 Å². The number of hydrogen-bond acceptors (Lipinski definition) is 3. The molecule has 1 aromatic carbocycles. The number of furan rings is 1. The lowest BCUT2D eigenvalue weighted by atomic mass is 10.0. The highest BCUT2D eigenvalue weighted by molar-refractivity contribution is 6.00. The van der Waals surface area contributed by atoms with Crippen LogP contribution >= 0.6 is 0 Å². The molecular formula is C17H18O4. The molecule has 0 saturated heterocycles. The van der Waals surface area contributed by atoms with Gasteiger partial charge in [-0.25, -0.2) is 0 Å². The number of benzene rings is 1. The molecule has 1 aliphatic rings. The van der Waals surface area contributed by atoms with Crippen LogP contribution in [0.5, 0.6) is 0 Å². The lowest BCUT2D eigenvalue weighted by Gasteiger charge is -2.00. The largest absolute Gasteiger partial charge is 0.481 e. The highest BCUT2D eigenvalue weighted by atomic mass is 16.4. The predicted molar refractivity (Wildman–Crippen MR) is 78.7 cm³/mol. The van der Waals surface area contributed by atoms with Crippen LogP contribution in [0.2, 0.25) is 0 Å². The standard InChI is InChI=1S/C17H18O4/c18-14(8-9-17(19)20)11-6-7-13-12-4-2-1-3-5-15(12)21-16(13)10-11/h6-7,10H,1-5,8-9H2,(H,19,20). The van der Waals surface area contributed by atoms with Crippen molar-refractivity contribution in [3.63, 3.8) is 0 Å². The summed E-state index contributed by atoms with van der Waals surface area (Å²) >= 11 is 0. The maximum Gasteiger partial charge on any atom is 0.303 e. The fourth-order valence-corrected chi connectivity index (χ4v) is 2.98. The summed E-state index contributed by atoms with van der Waals surface area (Å²) < 4.78 is 5.92. The number of carboxylic acid groups (broad SMARTS) is 1. The maximum atomic E-state index is 12.0. The SMILES string of the molecule is O=C(O)CCC(=O)c1ccc2c3c(oc2c1)CCCCC3. The van der Waals surface area contributed by atoms with Gasteiger partial charge in [-0.2, -0.15) is 0 Å². The number of aliphatic carboxylic acids is 1. The molecule has 110 valence electrons. The van der Waals surface area contributed by atoms with E-state index in [-0.39, 0.29) is 18.6 Å². The van der Waals surface area contributed by atoms with E-state index in [9.17, 15) is 9.59 Å². The molecule has 0 fully saturated rings. The van der Waals surface area contributed by atoms with Gasteiger partial charge in [0.2, 0.25) is 0 Å². The van der Waals surface area contributed by atoms with Crippen LogP contribution in [0.3, 0.4) is 0 Å². The zero-order valence-corrected chi connectivity index (χ0v) is 11.9. The monoisotopic (exact) mass is 286 g/mol. The minimum Gasteiger partial charge on any atom is -0.481 e. The third kappa shape index (κ3) is 2.84. The molecule has 4 heteroatoms. The van der Waals surface area contributed by atoms with E-state index in [1.165, 1.54) is 18.4 Å². The molecule has 0 atom stereocenters. The van der Waals surface area contributed by atoms with E-state index < -0.39 is 5.97 Å². The molecule has 1 aliphatic carbocycles. The van der Waals surface area contributed by atoms with Crippen LogP contribution < -0.4 is 0 Å². The van der Waals surface area contributed by atoms with Crippen LogP contribution in [-0.2, 0) is 17.6 Å². The molecule has 0 amide bonds. The second-order valence-corrected chi connectivity index (χ2v) is 5.59. The summed E-state index contributed by atoms with van der Waals surface area (Å²) in [5.41, 5.74) is 2.57. The topological polar surface area (TPSA) is 67.5 Å². The van der Waals surface area contributed by atoms with E-state index in [0.717, 1.165) is 36.0 Å². The number of carbonyl (C=O) groups excluding carboxylic acids is 1. The molecule has 0 bridgehead atoms. The second-order valence-electron chi connectivity index (χ2n) is 5.59. The molecule has 21 heavy (non-hydrogen) atoms. The van der Waals surface area contributed by atoms with Crippen LogP contribution in [0.4, 0.5) is 0 Å². The second kappa shape index (κ2) is 5.72. The Hall–Kier alpha value is -2.10. The Balaban J connectivity index is 1.90. The van der Waals surface area contributed by atoms with Crippen molar-refractivity contribution in [1.29, 1.82) is 0 Å². The van der Waals surface area contributed by atoms with Gasteiger partial charge in [0.05, 0.1) is 6.42 Å². The van der Waals surface area contributed by atoms with E-state index in [4.69, 9.17) is 9.52 Å². The summed E-state index contributed by atoms with van der Waals surface area (Å²) in [6.45, 7) is 0. The summed E-state index contributed by atoms with van der Waals surface area (Å²) in [6, 6.07) is 5.48. The molecular weight excluding hydrogens is 268 g/mol. The number of ketones is 1. The Morgan fingerprint density at radius 2 is 1.90 bits per heavy atom. The van der Waals surface area contributed by atoms with Crippen LogP contribution in [-0.4, -0.2) is 16.9 Å². The molecule has 0 radical (unpaired) electrons. The minimum atomic E-state index is -0.950. The molecule has 0 saturated carbocycles. The first-order chi connectivity index (χ1) is 10.1. The fraction of sp³-hybridized carbons (Fsp3) is 0.412. The Labute approximate surface area is 122 Å². The normalized spacial score (nSPS) is 14.7. The lowest BCUT2D eigenvalue weighted by molar-refractivity contribution is -0.136. The van der Waals surface area contributed by atoms with Crippen molar-refractivity contribution in [3.8, 4) is 0 Å². The summed E-state index contributed by atoms with van der Waals surface area (Å²) in [5, 5.41) is 9.75. The Kier molecular flexibility index (Phi) is 3.78. The zero-order valence-electron chi connectivity index (χ0n) is 11.9. The average Bonchev–Trinajstić information content (AvgIpc) is 2.65. The molecule has 0 aliphatic heterocycles. The fourth-order valence-electron chi connectivity index (χ4n) is 2.98. The smallest absolute Gasteiger partial charge is 0.303 e. The van der Waals surface area contributed by atoms with Gasteiger partial charge < -0.3 is 9.52 Å². The van der Waals surface area contributed by atoms with Crippen molar-refractivity contribution in [1.82, 2.24) is 0 Å². The minimum absolute atomic E-state index is 0.0290. The van der Waals surface area contributed by atoms with Gasteiger partial charge in [-0.05, 0) is 25.3 Å².